The summed E-state index contributed by atoms with van der Waals surface area (Å²) in [6.07, 6.45) is 7.40. The van der Waals surface area contributed by atoms with Gasteiger partial charge in [0.15, 0.2) is 11.4 Å². The van der Waals surface area contributed by atoms with E-state index < -0.39 is 0 Å². The standard InChI is InChI=1S/C15H19N3O3/c19-7-10-3-4-12(21-10)11-8-20-14-13(11)16-9-17-15(14)18-5-1-2-6-18/h8-10,12,19H,1-7H2/t10-,12+/m0/s1. The predicted molar refractivity (Wildman–Crippen MR) is 77.2 cm³/mol. The summed E-state index contributed by atoms with van der Waals surface area (Å²) in [4.78, 5) is 11.0. The van der Waals surface area contributed by atoms with Crippen LogP contribution < -0.4 is 4.90 Å². The predicted octanol–water partition coefficient (Wildman–Crippen LogP) is 2.04. The van der Waals surface area contributed by atoms with Crippen LogP contribution in [0.2, 0.25) is 0 Å². The third kappa shape index (κ3) is 2.18. The average molecular weight is 289 g/mol. The van der Waals surface area contributed by atoms with Crippen LogP contribution in [-0.4, -0.2) is 40.9 Å². The van der Waals surface area contributed by atoms with E-state index in [1.54, 1.807) is 12.6 Å². The molecule has 6 heteroatoms. The van der Waals surface area contributed by atoms with Crippen LogP contribution >= 0.6 is 0 Å². The van der Waals surface area contributed by atoms with Gasteiger partial charge in [0, 0.05) is 18.7 Å². The average Bonchev–Trinajstić information content (AvgIpc) is 3.25. The Balaban J connectivity index is 1.70. The minimum atomic E-state index is -0.0696. The second-order valence-corrected chi connectivity index (χ2v) is 5.77. The topological polar surface area (TPSA) is 71.6 Å². The Morgan fingerprint density at radius 3 is 2.86 bits per heavy atom. The minimum Gasteiger partial charge on any atom is -0.458 e. The molecule has 2 fully saturated rings. The molecule has 4 heterocycles. The maximum Gasteiger partial charge on any atom is 0.195 e. The Morgan fingerprint density at radius 2 is 2.10 bits per heavy atom. The summed E-state index contributed by atoms with van der Waals surface area (Å²) in [5.74, 6) is 0.889. The Bertz CT molecular complexity index is 636. The lowest BCUT2D eigenvalue weighted by Gasteiger charge is -2.15. The van der Waals surface area contributed by atoms with Gasteiger partial charge in [0.05, 0.1) is 25.1 Å². The van der Waals surface area contributed by atoms with E-state index in [9.17, 15) is 5.11 Å². The number of hydrogen-bond acceptors (Lipinski definition) is 6. The van der Waals surface area contributed by atoms with Crippen molar-refractivity contribution in [3.63, 3.8) is 0 Å². The number of furan rings is 1. The molecule has 2 aliphatic heterocycles. The quantitative estimate of drug-likeness (QED) is 0.932. The molecule has 0 saturated carbocycles. The van der Waals surface area contributed by atoms with Crippen molar-refractivity contribution in [2.24, 2.45) is 0 Å². The largest absolute Gasteiger partial charge is 0.458 e. The van der Waals surface area contributed by atoms with Crippen molar-refractivity contribution >= 4 is 16.9 Å². The van der Waals surface area contributed by atoms with Crippen LogP contribution in [0.25, 0.3) is 11.1 Å². The van der Waals surface area contributed by atoms with Crippen LogP contribution in [0.15, 0.2) is 17.0 Å². The number of aliphatic hydroxyl groups excluding tert-OH is 1. The molecule has 0 bridgehead atoms. The fraction of sp³-hybridized carbons (Fsp3) is 0.600. The molecular weight excluding hydrogens is 270 g/mol. The summed E-state index contributed by atoms with van der Waals surface area (Å²) in [6.45, 7) is 2.11. The monoisotopic (exact) mass is 289 g/mol. The first kappa shape index (κ1) is 13.0. The summed E-state index contributed by atoms with van der Waals surface area (Å²) in [5, 5.41) is 9.20. The van der Waals surface area contributed by atoms with Crippen LogP contribution in [0.1, 0.15) is 37.4 Å². The van der Waals surface area contributed by atoms with Gasteiger partial charge < -0.3 is 19.2 Å². The number of aromatic nitrogens is 2. The van der Waals surface area contributed by atoms with Crippen LogP contribution in [0.5, 0.6) is 0 Å². The zero-order valence-corrected chi connectivity index (χ0v) is 11.9. The summed E-state index contributed by atoms with van der Waals surface area (Å²) < 4.78 is 11.6. The minimum absolute atomic E-state index is 0.0373. The smallest absolute Gasteiger partial charge is 0.195 e. The Morgan fingerprint density at radius 1 is 1.24 bits per heavy atom. The van der Waals surface area contributed by atoms with Crippen molar-refractivity contribution < 1.29 is 14.3 Å². The van der Waals surface area contributed by atoms with Gasteiger partial charge in [0.2, 0.25) is 0 Å². The first-order chi connectivity index (χ1) is 10.4. The summed E-state index contributed by atoms with van der Waals surface area (Å²) in [7, 11) is 0. The van der Waals surface area contributed by atoms with E-state index in [0.29, 0.717) is 0 Å². The van der Waals surface area contributed by atoms with Gasteiger partial charge in [0.25, 0.3) is 0 Å². The van der Waals surface area contributed by atoms with Gasteiger partial charge >= 0.3 is 0 Å². The van der Waals surface area contributed by atoms with E-state index >= 15 is 0 Å². The molecule has 1 N–H and O–H groups in total. The third-order valence-corrected chi connectivity index (χ3v) is 4.43. The van der Waals surface area contributed by atoms with E-state index in [4.69, 9.17) is 9.15 Å². The van der Waals surface area contributed by atoms with E-state index in [0.717, 1.165) is 48.4 Å². The highest BCUT2D eigenvalue weighted by molar-refractivity contribution is 5.86. The highest BCUT2D eigenvalue weighted by atomic mass is 16.5. The van der Waals surface area contributed by atoms with Crippen LogP contribution in [0.4, 0.5) is 5.82 Å². The van der Waals surface area contributed by atoms with Gasteiger partial charge in [-0.05, 0) is 25.7 Å². The lowest BCUT2D eigenvalue weighted by molar-refractivity contribution is 0.0112. The number of aliphatic hydroxyl groups is 1. The first-order valence-electron chi connectivity index (χ1n) is 7.60. The number of anilines is 1. The molecule has 2 aromatic heterocycles. The fourth-order valence-electron chi connectivity index (χ4n) is 3.31. The molecule has 0 amide bonds. The van der Waals surface area contributed by atoms with E-state index in [1.807, 2.05) is 0 Å². The van der Waals surface area contributed by atoms with Gasteiger partial charge in [-0.25, -0.2) is 9.97 Å². The molecule has 4 rings (SSSR count). The van der Waals surface area contributed by atoms with Crippen molar-refractivity contribution in [2.45, 2.75) is 37.9 Å². The maximum absolute atomic E-state index is 9.20. The molecule has 2 atom stereocenters. The van der Waals surface area contributed by atoms with Crippen molar-refractivity contribution in [3.8, 4) is 0 Å². The van der Waals surface area contributed by atoms with Crippen molar-refractivity contribution in [3.05, 3.63) is 18.2 Å². The second kappa shape index (κ2) is 5.27. The molecule has 0 spiro atoms. The molecule has 21 heavy (non-hydrogen) atoms. The Hall–Kier alpha value is -1.66. The molecule has 0 unspecified atom stereocenters. The third-order valence-electron chi connectivity index (χ3n) is 4.43. The maximum atomic E-state index is 9.20. The lowest BCUT2D eigenvalue weighted by atomic mass is 10.1. The van der Waals surface area contributed by atoms with Crippen molar-refractivity contribution in [2.75, 3.05) is 24.6 Å². The number of hydrogen-bond donors (Lipinski definition) is 1. The van der Waals surface area contributed by atoms with E-state index in [1.165, 1.54) is 12.8 Å². The second-order valence-electron chi connectivity index (χ2n) is 5.77. The SMILES string of the molecule is OC[C@@H]1CC[C@H](c2coc3c(N4CCCC4)ncnc23)O1. The number of rotatable bonds is 3. The Labute approximate surface area is 122 Å². The lowest BCUT2D eigenvalue weighted by Crippen LogP contribution is -2.19. The Kier molecular flexibility index (Phi) is 3.27. The van der Waals surface area contributed by atoms with E-state index in [2.05, 4.69) is 14.9 Å². The number of fused-ring (bicyclic) bond motifs is 1. The highest BCUT2D eigenvalue weighted by Gasteiger charge is 2.30. The van der Waals surface area contributed by atoms with E-state index in [-0.39, 0.29) is 18.8 Å². The normalized spacial score (nSPS) is 26.0. The molecule has 2 saturated heterocycles. The molecule has 2 aromatic rings. The molecule has 6 nitrogen and oxygen atoms in total. The van der Waals surface area contributed by atoms with Gasteiger partial charge in [-0.15, -0.1) is 0 Å². The summed E-state index contributed by atoms with van der Waals surface area (Å²) in [6, 6.07) is 0. The molecule has 2 aliphatic rings. The molecule has 112 valence electrons. The van der Waals surface area contributed by atoms with Crippen molar-refractivity contribution in [1.82, 2.24) is 9.97 Å². The molecule has 0 aliphatic carbocycles. The summed E-state index contributed by atoms with van der Waals surface area (Å²) in [5.41, 5.74) is 2.57. The fourth-order valence-corrected chi connectivity index (χ4v) is 3.31. The molecule has 0 radical (unpaired) electrons. The highest BCUT2D eigenvalue weighted by Crippen LogP contribution is 2.38. The van der Waals surface area contributed by atoms with Gasteiger partial charge in [-0.2, -0.15) is 0 Å². The van der Waals surface area contributed by atoms with Gasteiger partial charge in [-0.3, -0.25) is 0 Å². The van der Waals surface area contributed by atoms with Gasteiger partial charge in [0.1, 0.15) is 11.8 Å². The van der Waals surface area contributed by atoms with Crippen LogP contribution in [0.3, 0.4) is 0 Å². The molecular formula is C15H19N3O3. The zero-order valence-electron chi connectivity index (χ0n) is 11.9. The summed E-state index contributed by atoms with van der Waals surface area (Å²) >= 11 is 0. The van der Waals surface area contributed by atoms with Crippen molar-refractivity contribution in [1.29, 1.82) is 0 Å². The first-order valence-corrected chi connectivity index (χ1v) is 7.60. The van der Waals surface area contributed by atoms with Gasteiger partial charge in [-0.1, -0.05) is 0 Å². The van der Waals surface area contributed by atoms with Crippen LogP contribution in [-0.2, 0) is 4.74 Å². The number of ether oxygens (including phenoxy) is 1. The van der Waals surface area contributed by atoms with Crippen LogP contribution in [0, 0.1) is 0 Å². The number of nitrogens with zero attached hydrogens (tertiary/aromatic N) is 3. The molecule has 0 aromatic carbocycles. The zero-order chi connectivity index (χ0) is 14.2.